The Morgan fingerprint density at radius 2 is 1.82 bits per heavy atom. The SMILES string of the molecule is O=C(NO)c1ccc(Sc2ncc(-c3ccccc3)s2)cc1. The summed E-state index contributed by atoms with van der Waals surface area (Å²) in [6, 6.07) is 17.1. The van der Waals surface area contributed by atoms with Crippen molar-refractivity contribution in [3.8, 4) is 10.4 Å². The van der Waals surface area contributed by atoms with Crippen LogP contribution in [0.5, 0.6) is 0 Å². The summed E-state index contributed by atoms with van der Waals surface area (Å²) in [7, 11) is 0. The number of hydroxylamine groups is 1. The maximum absolute atomic E-state index is 11.3. The van der Waals surface area contributed by atoms with Gasteiger partial charge in [0, 0.05) is 16.7 Å². The third-order valence-corrected chi connectivity index (χ3v) is 5.09. The first-order valence-corrected chi connectivity index (χ1v) is 8.13. The number of rotatable bonds is 4. The van der Waals surface area contributed by atoms with Gasteiger partial charge in [0.05, 0.1) is 4.88 Å². The zero-order valence-corrected chi connectivity index (χ0v) is 13.0. The summed E-state index contributed by atoms with van der Waals surface area (Å²) >= 11 is 3.17. The fourth-order valence-electron chi connectivity index (χ4n) is 1.88. The van der Waals surface area contributed by atoms with E-state index in [9.17, 15) is 4.79 Å². The lowest BCUT2D eigenvalue weighted by molar-refractivity contribution is 0.0706. The molecule has 6 heteroatoms. The smallest absolute Gasteiger partial charge is 0.274 e. The van der Waals surface area contributed by atoms with E-state index in [0.717, 1.165) is 19.7 Å². The van der Waals surface area contributed by atoms with Crippen molar-refractivity contribution in [2.24, 2.45) is 0 Å². The lowest BCUT2D eigenvalue weighted by Gasteiger charge is -2.00. The summed E-state index contributed by atoms with van der Waals surface area (Å²) in [4.78, 5) is 17.8. The van der Waals surface area contributed by atoms with E-state index in [2.05, 4.69) is 17.1 Å². The van der Waals surface area contributed by atoms with E-state index in [4.69, 9.17) is 5.21 Å². The van der Waals surface area contributed by atoms with Gasteiger partial charge in [-0.2, -0.15) is 0 Å². The highest BCUT2D eigenvalue weighted by molar-refractivity contribution is 8.01. The Morgan fingerprint density at radius 1 is 1.09 bits per heavy atom. The highest BCUT2D eigenvalue weighted by atomic mass is 32.2. The van der Waals surface area contributed by atoms with Gasteiger partial charge in [0.25, 0.3) is 5.91 Å². The van der Waals surface area contributed by atoms with Crippen molar-refractivity contribution in [2.45, 2.75) is 9.24 Å². The normalized spacial score (nSPS) is 10.4. The average molecular weight is 328 g/mol. The Bertz CT molecular complexity index is 770. The molecule has 0 aliphatic carbocycles. The van der Waals surface area contributed by atoms with Crippen LogP contribution >= 0.6 is 23.1 Å². The minimum absolute atomic E-state index is 0.413. The van der Waals surface area contributed by atoms with E-state index >= 15 is 0 Å². The van der Waals surface area contributed by atoms with Gasteiger partial charge in [-0.25, -0.2) is 10.5 Å². The molecule has 2 N–H and O–H groups in total. The first-order valence-electron chi connectivity index (χ1n) is 6.50. The Morgan fingerprint density at radius 3 is 2.50 bits per heavy atom. The number of hydrogen-bond acceptors (Lipinski definition) is 5. The third-order valence-electron chi connectivity index (χ3n) is 2.97. The maximum atomic E-state index is 11.3. The Kier molecular flexibility index (Phi) is 4.53. The van der Waals surface area contributed by atoms with Crippen LogP contribution in [0.1, 0.15) is 10.4 Å². The van der Waals surface area contributed by atoms with Crippen LogP contribution in [0, 0.1) is 0 Å². The van der Waals surface area contributed by atoms with E-state index in [-0.39, 0.29) is 0 Å². The molecule has 4 nitrogen and oxygen atoms in total. The fourth-order valence-corrected chi connectivity index (χ4v) is 3.84. The van der Waals surface area contributed by atoms with Gasteiger partial charge < -0.3 is 0 Å². The second-order valence-electron chi connectivity index (χ2n) is 4.42. The Hall–Kier alpha value is -2.15. The standard InChI is InChI=1S/C16H12N2O2S2/c19-15(18-20)12-6-8-13(9-7-12)21-16-17-10-14(22-16)11-4-2-1-3-5-11/h1-10,20H,(H,18,19). The van der Waals surface area contributed by atoms with Crippen LogP contribution in [0.15, 0.2) is 70.0 Å². The predicted molar refractivity (Wildman–Crippen MR) is 87.4 cm³/mol. The lowest BCUT2D eigenvalue weighted by atomic mass is 10.2. The van der Waals surface area contributed by atoms with Crippen LogP contribution in [0.25, 0.3) is 10.4 Å². The van der Waals surface area contributed by atoms with Gasteiger partial charge in [-0.05, 0) is 29.8 Å². The average Bonchev–Trinajstić information content (AvgIpc) is 3.04. The van der Waals surface area contributed by atoms with Crippen molar-refractivity contribution in [3.05, 3.63) is 66.4 Å². The summed E-state index contributed by atoms with van der Waals surface area (Å²) in [6.07, 6.45) is 1.87. The monoisotopic (exact) mass is 328 g/mol. The molecule has 0 spiro atoms. The van der Waals surface area contributed by atoms with Gasteiger partial charge in [0.2, 0.25) is 0 Å². The van der Waals surface area contributed by atoms with E-state index in [0.29, 0.717) is 5.56 Å². The van der Waals surface area contributed by atoms with Crippen molar-refractivity contribution < 1.29 is 10.0 Å². The molecule has 1 heterocycles. The molecule has 0 saturated carbocycles. The molecule has 3 rings (SSSR count). The summed E-state index contributed by atoms with van der Waals surface area (Å²) in [5.74, 6) is -0.517. The number of thiazole rings is 1. The fraction of sp³-hybridized carbons (Fsp3) is 0. The van der Waals surface area contributed by atoms with Crippen LogP contribution < -0.4 is 5.48 Å². The van der Waals surface area contributed by atoms with Crippen molar-refractivity contribution >= 4 is 29.0 Å². The van der Waals surface area contributed by atoms with Gasteiger partial charge in [-0.1, -0.05) is 42.1 Å². The Labute approximate surface area is 135 Å². The van der Waals surface area contributed by atoms with Crippen molar-refractivity contribution in [1.82, 2.24) is 10.5 Å². The Balaban J connectivity index is 1.74. The zero-order chi connectivity index (χ0) is 15.4. The number of aromatic nitrogens is 1. The number of carbonyl (C=O) groups is 1. The largest absolute Gasteiger partial charge is 0.288 e. The summed E-state index contributed by atoms with van der Waals surface area (Å²) in [6.45, 7) is 0. The molecule has 0 atom stereocenters. The minimum Gasteiger partial charge on any atom is -0.288 e. The first-order chi connectivity index (χ1) is 10.8. The number of hydrogen-bond donors (Lipinski definition) is 2. The van der Waals surface area contributed by atoms with Gasteiger partial charge in [-0.15, -0.1) is 11.3 Å². The predicted octanol–water partition coefficient (Wildman–Crippen LogP) is 4.08. The quantitative estimate of drug-likeness (QED) is 0.559. The molecule has 2 aromatic carbocycles. The second kappa shape index (κ2) is 6.74. The lowest BCUT2D eigenvalue weighted by Crippen LogP contribution is -2.18. The zero-order valence-electron chi connectivity index (χ0n) is 11.4. The summed E-state index contributed by atoms with van der Waals surface area (Å²) < 4.78 is 0.943. The third kappa shape index (κ3) is 3.36. The van der Waals surface area contributed by atoms with Crippen LogP contribution in [0.2, 0.25) is 0 Å². The molecule has 3 aromatic rings. The maximum Gasteiger partial charge on any atom is 0.274 e. The minimum atomic E-state index is -0.517. The van der Waals surface area contributed by atoms with Gasteiger partial charge in [0.1, 0.15) is 0 Å². The van der Waals surface area contributed by atoms with E-state index in [1.165, 1.54) is 0 Å². The van der Waals surface area contributed by atoms with Crippen molar-refractivity contribution in [2.75, 3.05) is 0 Å². The molecule has 0 bridgehead atoms. The van der Waals surface area contributed by atoms with Crippen molar-refractivity contribution in [3.63, 3.8) is 0 Å². The van der Waals surface area contributed by atoms with Crippen LogP contribution in [0.4, 0.5) is 0 Å². The molecular weight excluding hydrogens is 316 g/mol. The number of nitrogens with one attached hydrogen (secondary N) is 1. The molecule has 0 saturated heterocycles. The van der Waals surface area contributed by atoms with E-state index in [1.807, 2.05) is 36.5 Å². The van der Waals surface area contributed by atoms with Crippen molar-refractivity contribution in [1.29, 1.82) is 0 Å². The summed E-state index contributed by atoms with van der Waals surface area (Å²) in [5.41, 5.74) is 3.18. The van der Waals surface area contributed by atoms with E-state index in [1.54, 1.807) is 40.7 Å². The molecule has 0 fully saturated rings. The highest BCUT2D eigenvalue weighted by Gasteiger charge is 2.07. The number of nitrogens with zero attached hydrogens (tertiary/aromatic N) is 1. The number of carbonyl (C=O) groups excluding carboxylic acids is 1. The molecule has 0 aliphatic rings. The number of benzene rings is 2. The number of amides is 1. The highest BCUT2D eigenvalue weighted by Crippen LogP contribution is 2.35. The molecule has 110 valence electrons. The molecule has 1 aromatic heterocycles. The van der Waals surface area contributed by atoms with Gasteiger partial charge in [0.15, 0.2) is 4.34 Å². The van der Waals surface area contributed by atoms with Crippen LogP contribution in [-0.4, -0.2) is 16.1 Å². The van der Waals surface area contributed by atoms with Gasteiger partial charge in [-0.3, -0.25) is 10.0 Å². The molecular formula is C16H12N2O2S2. The van der Waals surface area contributed by atoms with Crippen LogP contribution in [-0.2, 0) is 0 Å². The topological polar surface area (TPSA) is 62.2 Å². The molecule has 0 radical (unpaired) electrons. The van der Waals surface area contributed by atoms with Gasteiger partial charge >= 0.3 is 0 Å². The molecule has 0 aliphatic heterocycles. The van der Waals surface area contributed by atoms with Crippen LogP contribution in [0.3, 0.4) is 0 Å². The van der Waals surface area contributed by atoms with E-state index < -0.39 is 5.91 Å². The molecule has 22 heavy (non-hydrogen) atoms. The molecule has 1 amide bonds. The molecule has 0 unspecified atom stereocenters. The first kappa shape index (κ1) is 14.8. The second-order valence-corrected chi connectivity index (χ2v) is 6.78. The summed E-state index contributed by atoms with van der Waals surface area (Å²) in [5, 5.41) is 8.59.